The number of nitro groups is 1. The van der Waals surface area contributed by atoms with Gasteiger partial charge in [-0.1, -0.05) is 47.4 Å². The molecule has 1 aromatic heterocycles. The highest BCUT2D eigenvalue weighted by molar-refractivity contribution is 7.99. The predicted octanol–water partition coefficient (Wildman–Crippen LogP) is 4.64. The molecule has 1 amide bonds. The fraction of sp³-hybridized carbons (Fsp3) is 0.0526. The number of para-hydroxylation sites is 2. The van der Waals surface area contributed by atoms with Crippen LogP contribution in [0.3, 0.4) is 0 Å². The molecular weight excluding hydrogens is 400 g/mol. The van der Waals surface area contributed by atoms with Gasteiger partial charge in [0.1, 0.15) is 4.88 Å². The highest BCUT2D eigenvalue weighted by Gasteiger charge is 2.28. The van der Waals surface area contributed by atoms with Crippen molar-refractivity contribution in [2.45, 2.75) is 9.79 Å². The van der Waals surface area contributed by atoms with Crippen LogP contribution < -0.4 is 4.90 Å². The minimum Gasteiger partial charge on any atom is -0.451 e. The molecule has 0 saturated carbocycles. The van der Waals surface area contributed by atoms with Gasteiger partial charge >= 0.3 is 11.0 Å². The maximum Gasteiger partial charge on any atom is 0.349 e. The average molecular weight is 412 g/mol. The topological polar surface area (TPSA) is 89.8 Å². The third kappa shape index (κ3) is 3.37. The lowest BCUT2D eigenvalue weighted by atomic mass is 10.2. The summed E-state index contributed by atoms with van der Waals surface area (Å²) in [6, 6.07) is 17.5. The van der Waals surface area contributed by atoms with Crippen molar-refractivity contribution >= 4 is 51.4 Å². The standard InChI is InChI=1S/C19H12N2O5S2/c22-17(11-26-19(23)16-9-10-18(28-16)21(24)25)20-12-5-1-3-7-14(12)27-15-8-4-2-6-13(15)20/h1-10H,11H2. The number of benzene rings is 2. The average Bonchev–Trinajstić information content (AvgIpc) is 3.20. The number of carbonyl (C=O) groups is 2. The number of anilines is 2. The summed E-state index contributed by atoms with van der Waals surface area (Å²) in [5.74, 6) is -1.17. The van der Waals surface area contributed by atoms with Crippen molar-refractivity contribution in [1.82, 2.24) is 0 Å². The van der Waals surface area contributed by atoms with E-state index in [9.17, 15) is 19.7 Å². The SMILES string of the molecule is O=C(OCC(=O)N1c2ccccc2Sc2ccccc21)c1ccc([N+](=O)[O-])s1. The van der Waals surface area contributed by atoms with Crippen LogP contribution in [-0.4, -0.2) is 23.4 Å². The van der Waals surface area contributed by atoms with E-state index in [1.165, 1.54) is 17.0 Å². The summed E-state index contributed by atoms with van der Waals surface area (Å²) < 4.78 is 5.12. The maximum absolute atomic E-state index is 12.9. The van der Waals surface area contributed by atoms with E-state index >= 15 is 0 Å². The summed E-state index contributed by atoms with van der Waals surface area (Å²) in [5.41, 5.74) is 1.44. The monoisotopic (exact) mass is 412 g/mol. The Morgan fingerprint density at radius 1 is 0.964 bits per heavy atom. The van der Waals surface area contributed by atoms with Crippen molar-refractivity contribution in [3.05, 3.63) is 75.7 Å². The van der Waals surface area contributed by atoms with E-state index < -0.39 is 23.4 Å². The van der Waals surface area contributed by atoms with Gasteiger partial charge < -0.3 is 4.74 Å². The van der Waals surface area contributed by atoms with Crippen LogP contribution in [0.15, 0.2) is 70.5 Å². The van der Waals surface area contributed by atoms with E-state index in [0.29, 0.717) is 11.3 Å². The first-order chi connectivity index (χ1) is 13.5. The molecule has 2 aromatic carbocycles. The number of esters is 1. The van der Waals surface area contributed by atoms with Gasteiger partial charge in [0.05, 0.1) is 16.3 Å². The molecule has 4 rings (SSSR count). The zero-order valence-electron chi connectivity index (χ0n) is 14.2. The minimum atomic E-state index is -0.764. The molecular formula is C19H12N2O5S2. The van der Waals surface area contributed by atoms with Crippen molar-refractivity contribution < 1.29 is 19.2 Å². The van der Waals surface area contributed by atoms with Crippen molar-refractivity contribution in [2.75, 3.05) is 11.5 Å². The van der Waals surface area contributed by atoms with Crippen molar-refractivity contribution in [2.24, 2.45) is 0 Å². The Kier molecular flexibility index (Phi) is 4.84. The van der Waals surface area contributed by atoms with E-state index in [4.69, 9.17) is 4.74 Å². The molecule has 28 heavy (non-hydrogen) atoms. The largest absolute Gasteiger partial charge is 0.451 e. The number of carbonyl (C=O) groups excluding carboxylic acids is 2. The van der Waals surface area contributed by atoms with Gasteiger partial charge in [-0.3, -0.25) is 19.8 Å². The third-order valence-corrected chi connectivity index (χ3v) is 6.13. The number of ether oxygens (including phenoxy) is 1. The molecule has 0 fully saturated rings. The lowest BCUT2D eigenvalue weighted by Gasteiger charge is -2.30. The van der Waals surface area contributed by atoms with Crippen LogP contribution in [-0.2, 0) is 9.53 Å². The van der Waals surface area contributed by atoms with Crippen LogP contribution in [0.1, 0.15) is 9.67 Å². The number of fused-ring (bicyclic) bond motifs is 2. The van der Waals surface area contributed by atoms with E-state index in [1.54, 1.807) is 11.8 Å². The van der Waals surface area contributed by atoms with Gasteiger partial charge in [-0.25, -0.2) is 4.79 Å². The fourth-order valence-electron chi connectivity index (χ4n) is 2.77. The number of nitrogens with zero attached hydrogens (tertiary/aromatic N) is 2. The van der Waals surface area contributed by atoms with Gasteiger partial charge in [0.15, 0.2) is 6.61 Å². The summed E-state index contributed by atoms with van der Waals surface area (Å²) >= 11 is 2.28. The normalized spacial score (nSPS) is 12.1. The highest BCUT2D eigenvalue weighted by atomic mass is 32.2. The smallest absolute Gasteiger partial charge is 0.349 e. The van der Waals surface area contributed by atoms with Crippen LogP contribution in [0.5, 0.6) is 0 Å². The Hall–Kier alpha value is -3.17. The van der Waals surface area contributed by atoms with Gasteiger partial charge in [0, 0.05) is 15.9 Å². The van der Waals surface area contributed by atoms with Crippen molar-refractivity contribution in [3.8, 4) is 0 Å². The van der Waals surface area contributed by atoms with E-state index in [0.717, 1.165) is 21.2 Å². The van der Waals surface area contributed by atoms with Crippen LogP contribution in [0.4, 0.5) is 16.4 Å². The zero-order valence-corrected chi connectivity index (χ0v) is 15.9. The number of thiophene rings is 1. The van der Waals surface area contributed by atoms with Crippen molar-refractivity contribution in [3.63, 3.8) is 0 Å². The molecule has 7 nitrogen and oxygen atoms in total. The molecule has 1 aliphatic rings. The Balaban J connectivity index is 1.55. The van der Waals surface area contributed by atoms with Crippen molar-refractivity contribution in [1.29, 1.82) is 0 Å². The highest BCUT2D eigenvalue weighted by Crippen LogP contribution is 2.47. The number of amides is 1. The van der Waals surface area contributed by atoms with E-state index in [-0.39, 0.29) is 9.88 Å². The predicted molar refractivity (Wildman–Crippen MR) is 105 cm³/mol. The second-order valence-corrected chi connectivity index (χ2v) is 7.88. The van der Waals surface area contributed by atoms with Crippen LogP contribution in [0.25, 0.3) is 0 Å². The first kappa shape index (κ1) is 18.2. The molecule has 0 bridgehead atoms. The Morgan fingerprint density at radius 2 is 1.57 bits per heavy atom. The molecule has 0 aliphatic carbocycles. The molecule has 1 aliphatic heterocycles. The van der Waals surface area contributed by atoms with Crippen LogP contribution >= 0.6 is 23.1 Å². The summed E-state index contributed by atoms with van der Waals surface area (Å²) in [7, 11) is 0. The molecule has 0 atom stereocenters. The Morgan fingerprint density at radius 3 is 2.14 bits per heavy atom. The minimum absolute atomic E-state index is 0.0782. The lowest BCUT2D eigenvalue weighted by Crippen LogP contribution is -2.32. The second kappa shape index (κ2) is 7.45. The molecule has 2 heterocycles. The quantitative estimate of drug-likeness (QED) is 0.352. The zero-order chi connectivity index (χ0) is 19.7. The second-order valence-electron chi connectivity index (χ2n) is 5.74. The summed E-state index contributed by atoms with van der Waals surface area (Å²) in [6.07, 6.45) is 0. The molecule has 0 unspecified atom stereocenters. The third-order valence-electron chi connectivity index (χ3n) is 3.98. The first-order valence-corrected chi connectivity index (χ1v) is 9.78. The fourth-order valence-corrected chi connectivity index (χ4v) is 4.54. The molecule has 9 heteroatoms. The van der Waals surface area contributed by atoms with E-state index in [2.05, 4.69) is 0 Å². The maximum atomic E-state index is 12.9. The van der Waals surface area contributed by atoms with Gasteiger partial charge in [-0.2, -0.15) is 0 Å². The van der Waals surface area contributed by atoms with Gasteiger partial charge in [-0.15, -0.1) is 0 Å². The van der Waals surface area contributed by atoms with E-state index in [1.807, 2.05) is 48.5 Å². The lowest BCUT2D eigenvalue weighted by molar-refractivity contribution is -0.380. The number of rotatable bonds is 4. The summed E-state index contributed by atoms with van der Waals surface area (Å²) in [4.78, 5) is 38.7. The number of hydrogen-bond donors (Lipinski definition) is 0. The molecule has 0 N–H and O–H groups in total. The van der Waals surface area contributed by atoms with Gasteiger partial charge in [-0.05, 0) is 30.3 Å². The molecule has 3 aromatic rings. The number of hydrogen-bond acceptors (Lipinski definition) is 7. The summed E-state index contributed by atoms with van der Waals surface area (Å²) in [5, 5.41) is 10.6. The molecule has 140 valence electrons. The van der Waals surface area contributed by atoms with Gasteiger partial charge in [0.25, 0.3) is 5.91 Å². The Bertz CT molecular complexity index is 1050. The van der Waals surface area contributed by atoms with Crippen LogP contribution in [0.2, 0.25) is 0 Å². The van der Waals surface area contributed by atoms with Crippen LogP contribution in [0, 0.1) is 10.1 Å². The molecule has 0 saturated heterocycles. The molecule has 0 spiro atoms. The molecule has 0 radical (unpaired) electrons. The van der Waals surface area contributed by atoms with Gasteiger partial charge in [0.2, 0.25) is 0 Å². The summed E-state index contributed by atoms with van der Waals surface area (Å²) in [6.45, 7) is -0.474. The Labute approximate surface area is 167 Å². The first-order valence-electron chi connectivity index (χ1n) is 8.15.